The van der Waals surface area contributed by atoms with Crippen LogP contribution in [0, 0.1) is 11.8 Å². The summed E-state index contributed by atoms with van der Waals surface area (Å²) in [6, 6.07) is 0.887. The van der Waals surface area contributed by atoms with E-state index in [2.05, 4.69) is 39.5 Å². The molecule has 0 aliphatic carbocycles. The summed E-state index contributed by atoms with van der Waals surface area (Å²) in [6.45, 7) is 10.8. The van der Waals surface area contributed by atoms with Crippen molar-refractivity contribution in [3.05, 3.63) is 0 Å². The molecule has 1 aliphatic rings. The smallest absolute Gasteiger partial charge is 0.226 e. The van der Waals surface area contributed by atoms with E-state index in [9.17, 15) is 4.79 Å². The number of likely N-dealkylation sites (tertiary alicyclic amines) is 1. The van der Waals surface area contributed by atoms with Crippen LogP contribution < -0.4 is 0 Å². The third kappa shape index (κ3) is 2.53. The van der Waals surface area contributed by atoms with Crippen LogP contribution in [0.1, 0.15) is 53.9 Å². The van der Waals surface area contributed by atoms with Crippen LogP contribution in [0.5, 0.6) is 0 Å². The quantitative estimate of drug-likeness (QED) is 0.702. The molecular weight excluding hydrogens is 186 g/mol. The SMILES string of the molecule is CCC(C)C(C)C(=O)N1C(C)CC[C@H]1C. The Balaban J connectivity index is 2.66. The number of carbonyl (C=O) groups is 1. The van der Waals surface area contributed by atoms with E-state index < -0.39 is 0 Å². The zero-order valence-corrected chi connectivity index (χ0v) is 10.8. The van der Waals surface area contributed by atoms with Gasteiger partial charge in [0.15, 0.2) is 0 Å². The lowest BCUT2D eigenvalue weighted by Crippen LogP contribution is -2.43. The van der Waals surface area contributed by atoms with E-state index in [4.69, 9.17) is 0 Å². The minimum atomic E-state index is 0.179. The standard InChI is InChI=1S/C13H25NO/c1-6-9(2)12(5)13(15)14-10(3)7-8-11(14)4/h9-12H,6-8H2,1-5H3/t9?,10-,11?,12?/m1/s1. The Morgan fingerprint density at radius 1 is 1.27 bits per heavy atom. The van der Waals surface area contributed by atoms with Gasteiger partial charge in [0.05, 0.1) is 0 Å². The van der Waals surface area contributed by atoms with Crippen molar-refractivity contribution in [3.63, 3.8) is 0 Å². The molecule has 2 nitrogen and oxygen atoms in total. The number of nitrogens with zero attached hydrogens (tertiary/aromatic N) is 1. The molecule has 1 amide bonds. The van der Waals surface area contributed by atoms with Gasteiger partial charge < -0.3 is 4.90 Å². The van der Waals surface area contributed by atoms with Gasteiger partial charge >= 0.3 is 0 Å². The van der Waals surface area contributed by atoms with Crippen molar-refractivity contribution in [1.29, 1.82) is 0 Å². The number of rotatable bonds is 3. The van der Waals surface area contributed by atoms with Gasteiger partial charge in [-0.3, -0.25) is 4.79 Å². The predicted molar refractivity (Wildman–Crippen MR) is 63.6 cm³/mol. The van der Waals surface area contributed by atoms with Crippen LogP contribution in [0.2, 0.25) is 0 Å². The van der Waals surface area contributed by atoms with E-state index in [1.165, 1.54) is 12.8 Å². The third-order valence-corrected chi connectivity index (χ3v) is 4.09. The first kappa shape index (κ1) is 12.5. The van der Waals surface area contributed by atoms with Crippen LogP contribution in [0.4, 0.5) is 0 Å². The maximum absolute atomic E-state index is 12.3. The van der Waals surface area contributed by atoms with Crippen molar-refractivity contribution in [1.82, 2.24) is 4.90 Å². The number of carbonyl (C=O) groups excluding carboxylic acids is 1. The zero-order chi connectivity index (χ0) is 11.6. The number of amides is 1. The molecule has 0 saturated carbocycles. The summed E-state index contributed by atoms with van der Waals surface area (Å²) in [7, 11) is 0. The molecule has 0 spiro atoms. The van der Waals surface area contributed by atoms with E-state index in [-0.39, 0.29) is 5.92 Å². The van der Waals surface area contributed by atoms with Crippen molar-refractivity contribution in [2.24, 2.45) is 11.8 Å². The minimum absolute atomic E-state index is 0.179. The lowest BCUT2D eigenvalue weighted by Gasteiger charge is -2.31. The predicted octanol–water partition coefficient (Wildman–Crippen LogP) is 3.07. The van der Waals surface area contributed by atoms with Gasteiger partial charge in [-0.15, -0.1) is 0 Å². The molecule has 1 rings (SSSR count). The fourth-order valence-corrected chi connectivity index (χ4v) is 2.46. The summed E-state index contributed by atoms with van der Waals surface area (Å²) >= 11 is 0. The van der Waals surface area contributed by atoms with E-state index in [0.29, 0.717) is 23.9 Å². The average molecular weight is 211 g/mol. The Morgan fingerprint density at radius 3 is 2.13 bits per heavy atom. The first-order valence-corrected chi connectivity index (χ1v) is 6.31. The van der Waals surface area contributed by atoms with Crippen LogP contribution in [-0.2, 0) is 4.79 Å². The molecule has 0 aromatic heterocycles. The molecule has 0 aromatic carbocycles. The van der Waals surface area contributed by atoms with Crippen LogP contribution >= 0.6 is 0 Å². The molecule has 15 heavy (non-hydrogen) atoms. The lowest BCUT2D eigenvalue weighted by atomic mass is 9.92. The molecule has 2 heteroatoms. The Morgan fingerprint density at radius 2 is 1.73 bits per heavy atom. The summed E-state index contributed by atoms with van der Waals surface area (Å²) in [5.74, 6) is 1.04. The third-order valence-electron chi connectivity index (χ3n) is 4.09. The first-order chi connectivity index (χ1) is 6.99. The fourth-order valence-electron chi connectivity index (χ4n) is 2.46. The summed E-state index contributed by atoms with van der Waals surface area (Å²) in [5.41, 5.74) is 0. The second-order valence-corrected chi connectivity index (χ2v) is 5.20. The van der Waals surface area contributed by atoms with E-state index >= 15 is 0 Å². The van der Waals surface area contributed by atoms with E-state index in [1.807, 2.05) is 0 Å². The minimum Gasteiger partial charge on any atom is -0.337 e. The summed E-state index contributed by atoms with van der Waals surface area (Å²) in [6.07, 6.45) is 3.42. The Kier molecular flexibility index (Phi) is 4.18. The van der Waals surface area contributed by atoms with Gasteiger partial charge in [-0.05, 0) is 32.6 Å². The van der Waals surface area contributed by atoms with Gasteiger partial charge in [-0.25, -0.2) is 0 Å². The highest BCUT2D eigenvalue weighted by molar-refractivity contribution is 5.79. The highest BCUT2D eigenvalue weighted by atomic mass is 16.2. The monoisotopic (exact) mass is 211 g/mol. The Labute approximate surface area is 94.0 Å². The lowest BCUT2D eigenvalue weighted by molar-refractivity contribution is -0.138. The van der Waals surface area contributed by atoms with Crippen molar-refractivity contribution in [2.45, 2.75) is 66.0 Å². The maximum Gasteiger partial charge on any atom is 0.226 e. The molecule has 1 heterocycles. The van der Waals surface area contributed by atoms with E-state index in [1.54, 1.807) is 0 Å². The highest BCUT2D eigenvalue weighted by Gasteiger charge is 2.34. The van der Waals surface area contributed by atoms with Crippen LogP contribution in [-0.4, -0.2) is 22.9 Å². The van der Waals surface area contributed by atoms with Crippen molar-refractivity contribution in [2.75, 3.05) is 0 Å². The molecule has 4 atom stereocenters. The van der Waals surface area contributed by atoms with Crippen molar-refractivity contribution < 1.29 is 4.79 Å². The van der Waals surface area contributed by atoms with Crippen LogP contribution in [0.3, 0.4) is 0 Å². The average Bonchev–Trinajstić information content (AvgIpc) is 2.55. The molecule has 3 unspecified atom stereocenters. The molecule has 0 aromatic rings. The molecule has 1 saturated heterocycles. The van der Waals surface area contributed by atoms with Gasteiger partial charge in [-0.1, -0.05) is 27.2 Å². The molecular formula is C13H25NO. The number of hydrogen-bond donors (Lipinski definition) is 0. The normalized spacial score (nSPS) is 30.3. The molecule has 88 valence electrons. The van der Waals surface area contributed by atoms with Crippen molar-refractivity contribution in [3.8, 4) is 0 Å². The fraction of sp³-hybridized carbons (Fsp3) is 0.923. The maximum atomic E-state index is 12.3. The summed E-state index contributed by atoms with van der Waals surface area (Å²) in [5, 5.41) is 0. The van der Waals surface area contributed by atoms with Crippen molar-refractivity contribution >= 4 is 5.91 Å². The van der Waals surface area contributed by atoms with E-state index in [0.717, 1.165) is 6.42 Å². The number of hydrogen-bond acceptors (Lipinski definition) is 1. The first-order valence-electron chi connectivity index (χ1n) is 6.31. The molecule has 0 N–H and O–H groups in total. The van der Waals surface area contributed by atoms with Gasteiger partial charge in [0.1, 0.15) is 0 Å². The molecule has 1 aliphatic heterocycles. The second kappa shape index (κ2) is 5.00. The van der Waals surface area contributed by atoms with Crippen LogP contribution in [0.25, 0.3) is 0 Å². The molecule has 0 radical (unpaired) electrons. The van der Waals surface area contributed by atoms with Gasteiger partial charge in [0, 0.05) is 18.0 Å². The second-order valence-electron chi connectivity index (χ2n) is 5.20. The summed E-state index contributed by atoms with van der Waals surface area (Å²) < 4.78 is 0. The highest BCUT2D eigenvalue weighted by Crippen LogP contribution is 2.27. The van der Waals surface area contributed by atoms with Gasteiger partial charge in [-0.2, -0.15) is 0 Å². The topological polar surface area (TPSA) is 20.3 Å². The Bertz CT molecular complexity index is 217. The zero-order valence-electron chi connectivity index (χ0n) is 10.8. The van der Waals surface area contributed by atoms with Crippen LogP contribution in [0.15, 0.2) is 0 Å². The molecule has 1 fully saturated rings. The van der Waals surface area contributed by atoms with Gasteiger partial charge in [0.25, 0.3) is 0 Å². The van der Waals surface area contributed by atoms with Gasteiger partial charge in [0.2, 0.25) is 5.91 Å². The largest absolute Gasteiger partial charge is 0.337 e. The molecule has 0 bridgehead atoms. The summed E-state index contributed by atoms with van der Waals surface area (Å²) in [4.78, 5) is 14.4. The Hall–Kier alpha value is -0.530.